The molecule has 7 nitrogen and oxygen atoms in total. The highest BCUT2D eigenvalue weighted by Gasteiger charge is 2.28. The average Bonchev–Trinajstić information content (AvgIpc) is 3.34. The van der Waals surface area contributed by atoms with Crippen molar-refractivity contribution in [1.29, 1.82) is 0 Å². The Labute approximate surface area is 209 Å². The van der Waals surface area contributed by atoms with E-state index in [2.05, 4.69) is 10.1 Å². The van der Waals surface area contributed by atoms with Crippen molar-refractivity contribution in [3.63, 3.8) is 0 Å². The van der Waals surface area contributed by atoms with E-state index in [1.54, 1.807) is 29.2 Å². The maximum absolute atomic E-state index is 14.0. The Balaban J connectivity index is 1.40. The molecule has 11 heteroatoms. The minimum absolute atomic E-state index is 0.0213. The van der Waals surface area contributed by atoms with Crippen molar-refractivity contribution in [3.8, 4) is 17.0 Å². The average molecular weight is 513 g/mol. The molecule has 0 aliphatic carbocycles. The summed E-state index contributed by atoms with van der Waals surface area (Å²) in [6.07, 6.45) is -1.61. The number of amides is 1. The van der Waals surface area contributed by atoms with Crippen molar-refractivity contribution in [2.75, 3.05) is 33.3 Å². The number of rotatable bonds is 6. The molecule has 1 aliphatic heterocycles. The van der Waals surface area contributed by atoms with Gasteiger partial charge in [-0.25, -0.2) is 27.1 Å². The van der Waals surface area contributed by atoms with Gasteiger partial charge in [0.25, 0.3) is 12.3 Å². The van der Waals surface area contributed by atoms with Crippen LogP contribution in [0.1, 0.15) is 28.0 Å². The zero-order valence-corrected chi connectivity index (χ0v) is 19.9. The summed E-state index contributed by atoms with van der Waals surface area (Å²) in [5.41, 5.74) is 0.710. The molecule has 0 bridgehead atoms. The molecular formula is C26H23F4N5O2. The number of piperazine rings is 1. The Bertz CT molecular complexity index is 1450. The summed E-state index contributed by atoms with van der Waals surface area (Å²) < 4.78 is 61.8. The largest absolute Gasteiger partial charge is 0.496 e. The van der Waals surface area contributed by atoms with E-state index < -0.39 is 29.7 Å². The van der Waals surface area contributed by atoms with Gasteiger partial charge < -0.3 is 9.64 Å². The van der Waals surface area contributed by atoms with E-state index in [4.69, 9.17) is 4.74 Å². The monoisotopic (exact) mass is 513 g/mol. The summed E-state index contributed by atoms with van der Waals surface area (Å²) in [6, 6.07) is 12.2. The smallest absolute Gasteiger partial charge is 0.280 e. The fourth-order valence-electron chi connectivity index (χ4n) is 4.48. The first-order valence-corrected chi connectivity index (χ1v) is 11.6. The van der Waals surface area contributed by atoms with Gasteiger partial charge in [0.2, 0.25) is 0 Å². The van der Waals surface area contributed by atoms with Crippen LogP contribution in [0, 0.1) is 11.6 Å². The SMILES string of the molecule is COc1ccccc1-c1cc(C(F)F)n2ncc(C(=O)N3CCN(Cc4cccc(F)c4F)CC3)c2n1. The van der Waals surface area contributed by atoms with Gasteiger partial charge in [0.1, 0.15) is 17.0 Å². The Morgan fingerprint density at radius 2 is 1.81 bits per heavy atom. The fraction of sp³-hybridized carbons (Fsp3) is 0.269. The lowest BCUT2D eigenvalue weighted by Gasteiger charge is -2.34. The van der Waals surface area contributed by atoms with Crippen molar-refractivity contribution in [2.24, 2.45) is 0 Å². The van der Waals surface area contributed by atoms with Crippen LogP contribution in [0.4, 0.5) is 17.6 Å². The maximum Gasteiger partial charge on any atom is 0.280 e. The highest BCUT2D eigenvalue weighted by atomic mass is 19.3. The Morgan fingerprint density at radius 1 is 1.05 bits per heavy atom. The molecule has 2 aromatic carbocycles. The lowest BCUT2D eigenvalue weighted by molar-refractivity contribution is 0.0628. The second-order valence-electron chi connectivity index (χ2n) is 8.64. The minimum Gasteiger partial charge on any atom is -0.496 e. The molecule has 0 saturated carbocycles. The molecule has 4 aromatic rings. The highest BCUT2D eigenvalue weighted by Crippen LogP contribution is 2.32. The van der Waals surface area contributed by atoms with Gasteiger partial charge in [-0.2, -0.15) is 5.10 Å². The molecule has 3 heterocycles. The van der Waals surface area contributed by atoms with Crippen LogP contribution in [-0.4, -0.2) is 63.6 Å². The molecule has 1 amide bonds. The standard InChI is InChI=1S/C26H23F4N5O2/c1-37-22-8-3-2-6-17(22)20-13-21(24(29)30)35-25(32-20)18(14-31-35)26(36)34-11-9-33(10-12-34)15-16-5-4-7-19(27)23(16)28/h2-8,13-14,24H,9-12,15H2,1H3. The Kier molecular flexibility index (Phi) is 6.79. The summed E-state index contributed by atoms with van der Waals surface area (Å²) >= 11 is 0. The zero-order valence-electron chi connectivity index (χ0n) is 19.9. The number of para-hydroxylation sites is 1. The topological polar surface area (TPSA) is 63.0 Å². The number of nitrogens with zero attached hydrogens (tertiary/aromatic N) is 5. The van der Waals surface area contributed by atoms with Crippen LogP contribution in [0.25, 0.3) is 16.9 Å². The predicted molar refractivity (Wildman–Crippen MR) is 127 cm³/mol. The van der Waals surface area contributed by atoms with Crippen LogP contribution in [0.3, 0.4) is 0 Å². The molecule has 192 valence electrons. The van der Waals surface area contributed by atoms with Crippen LogP contribution >= 0.6 is 0 Å². The van der Waals surface area contributed by atoms with E-state index in [9.17, 15) is 22.4 Å². The first-order chi connectivity index (χ1) is 17.9. The summed E-state index contributed by atoms with van der Waals surface area (Å²) in [5.74, 6) is -1.71. The number of hydrogen-bond acceptors (Lipinski definition) is 5. The second-order valence-corrected chi connectivity index (χ2v) is 8.64. The molecule has 0 atom stereocenters. The number of methoxy groups -OCH3 is 1. The molecule has 0 spiro atoms. The summed E-state index contributed by atoms with van der Waals surface area (Å²) in [6.45, 7) is 1.72. The summed E-state index contributed by atoms with van der Waals surface area (Å²) in [7, 11) is 1.47. The number of hydrogen-bond donors (Lipinski definition) is 0. The van der Waals surface area contributed by atoms with E-state index in [1.807, 2.05) is 4.90 Å². The quantitative estimate of drug-likeness (QED) is 0.354. The van der Waals surface area contributed by atoms with Gasteiger partial charge in [0.15, 0.2) is 17.3 Å². The number of aromatic nitrogens is 3. The summed E-state index contributed by atoms with van der Waals surface area (Å²) in [4.78, 5) is 21.4. The van der Waals surface area contributed by atoms with Gasteiger partial charge in [-0.15, -0.1) is 0 Å². The molecule has 5 rings (SSSR count). The van der Waals surface area contributed by atoms with Crippen molar-refractivity contribution < 1.29 is 27.1 Å². The number of carbonyl (C=O) groups is 1. The molecule has 1 aliphatic rings. The normalized spacial score (nSPS) is 14.5. The van der Waals surface area contributed by atoms with Gasteiger partial charge in [-0.1, -0.05) is 24.3 Å². The number of benzene rings is 2. The van der Waals surface area contributed by atoms with Crippen molar-refractivity contribution >= 4 is 11.6 Å². The van der Waals surface area contributed by atoms with E-state index in [0.29, 0.717) is 37.5 Å². The van der Waals surface area contributed by atoms with E-state index >= 15 is 0 Å². The van der Waals surface area contributed by atoms with Crippen LogP contribution in [0.5, 0.6) is 5.75 Å². The number of alkyl halides is 2. The second kappa shape index (κ2) is 10.2. The van der Waals surface area contributed by atoms with E-state index in [0.717, 1.165) is 10.6 Å². The molecular weight excluding hydrogens is 490 g/mol. The number of carbonyl (C=O) groups excluding carboxylic acids is 1. The fourth-order valence-corrected chi connectivity index (χ4v) is 4.48. The molecule has 1 saturated heterocycles. The predicted octanol–water partition coefficient (Wildman–Crippen LogP) is 4.58. The molecule has 0 radical (unpaired) electrons. The number of fused-ring (bicyclic) bond motifs is 1. The van der Waals surface area contributed by atoms with Crippen LogP contribution < -0.4 is 4.74 Å². The van der Waals surface area contributed by atoms with Crippen molar-refractivity contribution in [2.45, 2.75) is 13.0 Å². The molecule has 0 N–H and O–H groups in total. The first-order valence-electron chi connectivity index (χ1n) is 11.6. The van der Waals surface area contributed by atoms with Crippen molar-refractivity contribution in [3.05, 3.63) is 83.2 Å². The van der Waals surface area contributed by atoms with Gasteiger partial charge in [-0.3, -0.25) is 9.69 Å². The van der Waals surface area contributed by atoms with Crippen LogP contribution in [0.15, 0.2) is 54.7 Å². The maximum atomic E-state index is 14.0. The summed E-state index contributed by atoms with van der Waals surface area (Å²) in [5, 5.41) is 4.03. The Morgan fingerprint density at radius 3 is 2.54 bits per heavy atom. The zero-order chi connectivity index (χ0) is 26.1. The van der Waals surface area contributed by atoms with Gasteiger partial charge in [0, 0.05) is 43.9 Å². The first kappa shape index (κ1) is 24.7. The lowest BCUT2D eigenvalue weighted by atomic mass is 10.1. The van der Waals surface area contributed by atoms with Gasteiger partial charge >= 0.3 is 0 Å². The van der Waals surface area contributed by atoms with E-state index in [-0.39, 0.29) is 29.0 Å². The van der Waals surface area contributed by atoms with Crippen LogP contribution in [0.2, 0.25) is 0 Å². The van der Waals surface area contributed by atoms with Crippen molar-refractivity contribution in [1.82, 2.24) is 24.4 Å². The highest BCUT2D eigenvalue weighted by molar-refractivity contribution is 6.00. The number of ether oxygens (including phenoxy) is 1. The lowest BCUT2D eigenvalue weighted by Crippen LogP contribution is -2.48. The molecule has 0 unspecified atom stereocenters. The number of halogens is 4. The molecule has 37 heavy (non-hydrogen) atoms. The molecule has 2 aromatic heterocycles. The van der Waals surface area contributed by atoms with Gasteiger partial charge in [-0.05, 0) is 24.3 Å². The third-order valence-electron chi connectivity index (χ3n) is 6.42. The Hall–Kier alpha value is -3.99. The molecule has 1 fully saturated rings. The minimum atomic E-state index is -2.85. The van der Waals surface area contributed by atoms with Crippen LogP contribution in [-0.2, 0) is 6.54 Å². The third kappa shape index (κ3) is 4.74. The van der Waals surface area contributed by atoms with Gasteiger partial charge in [0.05, 0.1) is 19.0 Å². The van der Waals surface area contributed by atoms with E-state index in [1.165, 1.54) is 31.5 Å². The third-order valence-corrected chi connectivity index (χ3v) is 6.42.